The molecule has 1 aliphatic carbocycles. The summed E-state index contributed by atoms with van der Waals surface area (Å²) in [7, 11) is 0. The standard InChI is InChI=1S/C26H26N6O3/c1-2-12-27-26(35)32-23(16-6-5-7-16)14-21(31-32)18-11-10-17(13-24(18)33)29-25(34)22-15-28-19-8-3-4-9-20(19)30-22/h3-4,8-11,13-16,33H,2,5-7,12H2,1H3,(H,27,35)(H,29,34). The second-order valence-corrected chi connectivity index (χ2v) is 8.66. The van der Waals surface area contributed by atoms with E-state index in [0.29, 0.717) is 34.5 Å². The van der Waals surface area contributed by atoms with Crippen molar-refractivity contribution in [3.63, 3.8) is 0 Å². The third-order valence-electron chi connectivity index (χ3n) is 6.19. The molecule has 1 saturated carbocycles. The lowest BCUT2D eigenvalue weighted by Gasteiger charge is -2.25. The normalized spacial score (nSPS) is 13.4. The van der Waals surface area contributed by atoms with Gasteiger partial charge in [0.05, 0.1) is 28.6 Å². The second kappa shape index (κ2) is 9.54. The molecule has 35 heavy (non-hydrogen) atoms. The molecule has 4 aromatic rings. The van der Waals surface area contributed by atoms with Crippen molar-refractivity contribution in [2.24, 2.45) is 0 Å². The van der Waals surface area contributed by atoms with Crippen molar-refractivity contribution >= 4 is 28.7 Å². The Bertz CT molecular complexity index is 1410. The molecule has 0 atom stereocenters. The Kier molecular flexibility index (Phi) is 6.13. The molecule has 0 spiro atoms. The lowest BCUT2D eigenvalue weighted by atomic mass is 9.82. The van der Waals surface area contributed by atoms with Crippen LogP contribution in [0.1, 0.15) is 54.7 Å². The van der Waals surface area contributed by atoms with Gasteiger partial charge in [-0.3, -0.25) is 9.78 Å². The van der Waals surface area contributed by atoms with Crippen LogP contribution in [-0.4, -0.2) is 43.3 Å². The third-order valence-corrected chi connectivity index (χ3v) is 6.19. The Morgan fingerprint density at radius 1 is 1.11 bits per heavy atom. The first-order valence-electron chi connectivity index (χ1n) is 11.8. The van der Waals surface area contributed by atoms with Gasteiger partial charge in [0.15, 0.2) is 0 Å². The van der Waals surface area contributed by atoms with Gasteiger partial charge in [0.25, 0.3) is 5.91 Å². The van der Waals surface area contributed by atoms with Crippen molar-refractivity contribution in [1.82, 2.24) is 25.1 Å². The molecule has 178 valence electrons. The molecule has 1 fully saturated rings. The highest BCUT2D eigenvalue weighted by Gasteiger charge is 2.27. The summed E-state index contributed by atoms with van der Waals surface area (Å²) in [6, 6.07) is 13.7. The number of anilines is 1. The first-order valence-corrected chi connectivity index (χ1v) is 11.8. The maximum absolute atomic E-state index is 12.7. The van der Waals surface area contributed by atoms with Crippen LogP contribution in [0.25, 0.3) is 22.3 Å². The minimum absolute atomic E-state index is 0.0498. The molecule has 1 aliphatic rings. The molecule has 9 nitrogen and oxygen atoms in total. The number of amides is 2. The van der Waals surface area contributed by atoms with Crippen LogP contribution in [0.4, 0.5) is 10.5 Å². The van der Waals surface area contributed by atoms with Crippen molar-refractivity contribution in [2.75, 3.05) is 11.9 Å². The van der Waals surface area contributed by atoms with Crippen LogP contribution in [-0.2, 0) is 0 Å². The number of hydrogen-bond acceptors (Lipinski definition) is 6. The summed E-state index contributed by atoms with van der Waals surface area (Å²) in [5, 5.41) is 20.8. The molecule has 0 aliphatic heterocycles. The van der Waals surface area contributed by atoms with Gasteiger partial charge in [0.1, 0.15) is 11.4 Å². The van der Waals surface area contributed by atoms with Gasteiger partial charge in [-0.2, -0.15) is 9.78 Å². The lowest BCUT2D eigenvalue weighted by Crippen LogP contribution is -2.32. The summed E-state index contributed by atoms with van der Waals surface area (Å²) >= 11 is 0. The van der Waals surface area contributed by atoms with Gasteiger partial charge < -0.3 is 15.7 Å². The topological polar surface area (TPSA) is 122 Å². The van der Waals surface area contributed by atoms with Gasteiger partial charge in [-0.1, -0.05) is 25.5 Å². The number of carbonyl (C=O) groups excluding carboxylic acids is 2. The van der Waals surface area contributed by atoms with Crippen LogP contribution in [0.15, 0.2) is 54.7 Å². The zero-order chi connectivity index (χ0) is 24.4. The van der Waals surface area contributed by atoms with Crippen LogP contribution >= 0.6 is 0 Å². The SMILES string of the molecule is CCCNC(=O)n1nc(-c2ccc(NC(=O)c3cnc4ccccc4n3)cc2O)cc1C1CCC1. The van der Waals surface area contributed by atoms with E-state index in [1.54, 1.807) is 18.2 Å². The highest BCUT2D eigenvalue weighted by Crippen LogP contribution is 2.39. The average molecular weight is 471 g/mol. The average Bonchev–Trinajstić information content (AvgIpc) is 3.25. The Morgan fingerprint density at radius 2 is 1.91 bits per heavy atom. The monoisotopic (exact) mass is 470 g/mol. The van der Waals surface area contributed by atoms with Crippen LogP contribution < -0.4 is 10.6 Å². The zero-order valence-electron chi connectivity index (χ0n) is 19.4. The lowest BCUT2D eigenvalue weighted by molar-refractivity contribution is 0.102. The number of fused-ring (bicyclic) bond motifs is 1. The van der Waals surface area contributed by atoms with Gasteiger partial charge in [0, 0.05) is 29.8 Å². The summed E-state index contributed by atoms with van der Waals surface area (Å²) in [5.74, 6) is -0.196. The smallest absolute Gasteiger partial charge is 0.342 e. The molecule has 3 N–H and O–H groups in total. The fourth-order valence-electron chi connectivity index (χ4n) is 4.08. The highest BCUT2D eigenvalue weighted by atomic mass is 16.3. The Morgan fingerprint density at radius 3 is 2.63 bits per heavy atom. The molecular weight excluding hydrogens is 444 g/mol. The van der Waals surface area contributed by atoms with Crippen molar-refractivity contribution in [3.8, 4) is 17.0 Å². The van der Waals surface area contributed by atoms with Crippen molar-refractivity contribution in [3.05, 3.63) is 66.1 Å². The third kappa shape index (κ3) is 4.57. The number of rotatable bonds is 6. The molecule has 2 aromatic carbocycles. The molecule has 2 amide bonds. The van der Waals surface area contributed by atoms with Crippen molar-refractivity contribution < 1.29 is 14.7 Å². The number of aromatic nitrogens is 4. The largest absolute Gasteiger partial charge is 0.507 e. The molecule has 0 radical (unpaired) electrons. The quantitative estimate of drug-likeness (QED) is 0.376. The molecule has 2 aromatic heterocycles. The van der Waals surface area contributed by atoms with Gasteiger partial charge >= 0.3 is 6.03 Å². The first kappa shape index (κ1) is 22.5. The van der Waals surface area contributed by atoms with Crippen LogP contribution in [0.3, 0.4) is 0 Å². The van der Waals surface area contributed by atoms with Gasteiger partial charge in [-0.15, -0.1) is 0 Å². The Hall–Kier alpha value is -4.27. The molecule has 0 unspecified atom stereocenters. The zero-order valence-corrected chi connectivity index (χ0v) is 19.4. The molecular formula is C26H26N6O3. The van der Waals surface area contributed by atoms with E-state index in [-0.39, 0.29) is 23.4 Å². The van der Waals surface area contributed by atoms with E-state index in [1.807, 2.05) is 31.2 Å². The van der Waals surface area contributed by atoms with E-state index in [9.17, 15) is 14.7 Å². The summed E-state index contributed by atoms with van der Waals surface area (Å²) < 4.78 is 1.42. The number of hydrogen-bond donors (Lipinski definition) is 3. The van der Waals surface area contributed by atoms with Crippen LogP contribution in [0.5, 0.6) is 5.75 Å². The van der Waals surface area contributed by atoms with Gasteiger partial charge in [-0.05, 0) is 49.6 Å². The number of nitrogens with one attached hydrogen (secondary N) is 2. The van der Waals surface area contributed by atoms with E-state index < -0.39 is 5.91 Å². The minimum atomic E-state index is -0.431. The van der Waals surface area contributed by atoms with Gasteiger partial charge in [-0.25, -0.2) is 9.78 Å². The summed E-state index contributed by atoms with van der Waals surface area (Å²) in [4.78, 5) is 34.0. The van der Waals surface area contributed by atoms with Crippen molar-refractivity contribution in [1.29, 1.82) is 0 Å². The van der Waals surface area contributed by atoms with E-state index in [0.717, 1.165) is 31.4 Å². The summed E-state index contributed by atoms with van der Waals surface area (Å²) in [5.41, 5.74) is 3.76. The molecule has 2 heterocycles. The van der Waals surface area contributed by atoms with Crippen LogP contribution in [0, 0.1) is 0 Å². The number of para-hydroxylation sites is 2. The molecule has 0 saturated heterocycles. The maximum atomic E-state index is 12.7. The first-order chi connectivity index (χ1) is 17.0. The van der Waals surface area contributed by atoms with Crippen LogP contribution in [0.2, 0.25) is 0 Å². The minimum Gasteiger partial charge on any atom is -0.507 e. The van der Waals surface area contributed by atoms with E-state index in [2.05, 4.69) is 25.7 Å². The number of carbonyl (C=O) groups is 2. The summed E-state index contributed by atoms with van der Waals surface area (Å²) in [6.07, 6.45) is 5.41. The van der Waals surface area contributed by atoms with Gasteiger partial charge in [0.2, 0.25) is 0 Å². The number of phenols is 1. The van der Waals surface area contributed by atoms with Crippen molar-refractivity contribution in [2.45, 2.75) is 38.5 Å². The molecule has 5 rings (SSSR count). The van der Waals surface area contributed by atoms with E-state index >= 15 is 0 Å². The number of aromatic hydroxyl groups is 1. The van der Waals surface area contributed by atoms with E-state index in [4.69, 9.17) is 0 Å². The Labute approximate surface area is 202 Å². The molecule has 9 heteroatoms. The summed E-state index contributed by atoms with van der Waals surface area (Å²) in [6.45, 7) is 2.56. The highest BCUT2D eigenvalue weighted by molar-refractivity contribution is 6.03. The maximum Gasteiger partial charge on any atom is 0.342 e. The number of benzene rings is 2. The molecule has 0 bridgehead atoms. The number of phenolic OH excluding ortho intramolecular Hbond substituents is 1. The predicted molar refractivity (Wildman–Crippen MR) is 132 cm³/mol. The second-order valence-electron chi connectivity index (χ2n) is 8.66. The predicted octanol–water partition coefficient (Wildman–Crippen LogP) is 4.69. The Balaban J connectivity index is 1.38. The van der Waals surface area contributed by atoms with E-state index in [1.165, 1.54) is 16.9 Å². The fourth-order valence-corrected chi connectivity index (χ4v) is 4.08. The number of nitrogens with zero attached hydrogens (tertiary/aromatic N) is 4. The fraction of sp³-hybridized carbons (Fsp3) is 0.269.